The zero-order valence-electron chi connectivity index (χ0n) is 15.4. The van der Waals surface area contributed by atoms with Crippen LogP contribution >= 0.6 is 11.3 Å². The van der Waals surface area contributed by atoms with E-state index in [2.05, 4.69) is 16.4 Å². The van der Waals surface area contributed by atoms with E-state index in [-0.39, 0.29) is 23.8 Å². The van der Waals surface area contributed by atoms with Crippen molar-refractivity contribution in [1.29, 1.82) is 0 Å². The van der Waals surface area contributed by atoms with Gasteiger partial charge in [-0.3, -0.25) is 9.59 Å². The number of para-hydroxylation sites is 1. The van der Waals surface area contributed by atoms with Gasteiger partial charge < -0.3 is 10.2 Å². The van der Waals surface area contributed by atoms with Crippen molar-refractivity contribution in [1.82, 2.24) is 9.88 Å². The number of nitrogens with zero attached hydrogens (tertiary/aromatic N) is 2. The lowest BCUT2D eigenvalue weighted by Gasteiger charge is -2.24. The van der Waals surface area contributed by atoms with Gasteiger partial charge in [-0.15, -0.1) is 11.3 Å². The summed E-state index contributed by atoms with van der Waals surface area (Å²) in [6.45, 7) is 0.698. The highest BCUT2D eigenvalue weighted by Crippen LogP contribution is 2.34. The number of carbonyl (C=O) groups is 2. The van der Waals surface area contributed by atoms with Crippen LogP contribution in [0.3, 0.4) is 0 Å². The quantitative estimate of drug-likeness (QED) is 0.721. The first kappa shape index (κ1) is 17.4. The van der Waals surface area contributed by atoms with Gasteiger partial charge in [0.1, 0.15) is 11.0 Å². The summed E-state index contributed by atoms with van der Waals surface area (Å²) in [7, 11) is 0. The third-order valence-electron chi connectivity index (χ3n) is 5.46. The highest BCUT2D eigenvalue weighted by atomic mass is 32.1. The molecule has 1 aliphatic carbocycles. The van der Waals surface area contributed by atoms with Crippen molar-refractivity contribution >= 4 is 39.1 Å². The molecule has 1 aromatic heterocycles. The first-order chi connectivity index (χ1) is 13.7. The maximum Gasteiger partial charge on any atom is 0.247 e. The monoisotopic (exact) mass is 391 g/mol. The Morgan fingerprint density at radius 1 is 1.04 bits per heavy atom. The van der Waals surface area contributed by atoms with Crippen LogP contribution in [-0.4, -0.2) is 34.3 Å². The second kappa shape index (κ2) is 7.02. The van der Waals surface area contributed by atoms with Crippen molar-refractivity contribution < 1.29 is 9.59 Å². The van der Waals surface area contributed by atoms with E-state index in [4.69, 9.17) is 0 Å². The molecule has 5 nitrogen and oxygen atoms in total. The van der Waals surface area contributed by atoms with E-state index >= 15 is 0 Å². The second-order valence-electron chi connectivity index (χ2n) is 7.52. The molecule has 2 aliphatic rings. The summed E-state index contributed by atoms with van der Waals surface area (Å²) in [5, 5.41) is 3.95. The predicted molar refractivity (Wildman–Crippen MR) is 111 cm³/mol. The van der Waals surface area contributed by atoms with Crippen molar-refractivity contribution in [2.24, 2.45) is 5.92 Å². The number of likely N-dealkylation sites (tertiary alicyclic amines) is 1. The molecule has 5 rings (SSSR count). The molecule has 0 spiro atoms. The molecule has 2 aromatic carbocycles. The number of thiazole rings is 1. The number of hydrogen-bond acceptors (Lipinski definition) is 4. The van der Waals surface area contributed by atoms with Gasteiger partial charge in [-0.05, 0) is 62.1 Å². The molecule has 1 N–H and O–H groups in total. The van der Waals surface area contributed by atoms with E-state index in [9.17, 15) is 9.59 Å². The van der Waals surface area contributed by atoms with E-state index in [1.807, 2.05) is 42.5 Å². The van der Waals surface area contributed by atoms with Crippen molar-refractivity contribution in [2.75, 3.05) is 11.9 Å². The fraction of sp³-hybridized carbons (Fsp3) is 0.318. The third kappa shape index (κ3) is 3.29. The number of amides is 2. The van der Waals surface area contributed by atoms with Gasteiger partial charge in [-0.1, -0.05) is 12.1 Å². The molecule has 6 heteroatoms. The molecule has 1 saturated heterocycles. The zero-order chi connectivity index (χ0) is 19.1. The Kier molecular flexibility index (Phi) is 4.36. The van der Waals surface area contributed by atoms with Crippen LogP contribution in [0, 0.1) is 5.92 Å². The molecule has 28 heavy (non-hydrogen) atoms. The van der Waals surface area contributed by atoms with Gasteiger partial charge in [-0.2, -0.15) is 0 Å². The second-order valence-corrected chi connectivity index (χ2v) is 8.55. The summed E-state index contributed by atoms with van der Waals surface area (Å²) in [4.78, 5) is 31.6. The van der Waals surface area contributed by atoms with Crippen molar-refractivity contribution in [3.63, 3.8) is 0 Å². The van der Waals surface area contributed by atoms with Crippen LogP contribution < -0.4 is 5.32 Å². The van der Waals surface area contributed by atoms with E-state index in [0.717, 1.165) is 52.2 Å². The van der Waals surface area contributed by atoms with E-state index in [1.165, 1.54) is 0 Å². The summed E-state index contributed by atoms with van der Waals surface area (Å²) < 4.78 is 1.16. The van der Waals surface area contributed by atoms with Crippen molar-refractivity contribution in [3.05, 3.63) is 48.5 Å². The number of hydrogen-bond donors (Lipinski definition) is 1. The lowest BCUT2D eigenvalue weighted by molar-refractivity contribution is -0.137. The Morgan fingerprint density at radius 2 is 1.82 bits per heavy atom. The van der Waals surface area contributed by atoms with Gasteiger partial charge in [0.25, 0.3) is 0 Å². The highest BCUT2D eigenvalue weighted by molar-refractivity contribution is 7.21. The summed E-state index contributed by atoms with van der Waals surface area (Å²) in [5.74, 6) is 0.226. The van der Waals surface area contributed by atoms with Gasteiger partial charge in [0.2, 0.25) is 11.8 Å². The van der Waals surface area contributed by atoms with Gasteiger partial charge in [0, 0.05) is 23.7 Å². The minimum absolute atomic E-state index is 0.0840. The first-order valence-electron chi connectivity index (χ1n) is 9.76. The van der Waals surface area contributed by atoms with E-state index < -0.39 is 0 Å². The Bertz CT molecular complexity index is 1010. The number of fused-ring (bicyclic) bond motifs is 1. The first-order valence-corrected chi connectivity index (χ1v) is 10.6. The summed E-state index contributed by atoms with van der Waals surface area (Å²) in [6, 6.07) is 15.5. The molecular formula is C22H21N3O2S. The summed E-state index contributed by atoms with van der Waals surface area (Å²) >= 11 is 1.66. The number of aromatic nitrogens is 1. The lowest BCUT2D eigenvalue weighted by Crippen LogP contribution is -2.43. The van der Waals surface area contributed by atoms with E-state index in [1.54, 1.807) is 16.2 Å². The van der Waals surface area contributed by atoms with Crippen LogP contribution in [0.2, 0.25) is 0 Å². The Morgan fingerprint density at radius 3 is 2.57 bits per heavy atom. The molecule has 142 valence electrons. The maximum atomic E-state index is 12.7. The minimum atomic E-state index is -0.336. The Hall–Kier alpha value is -2.73. The molecule has 2 fully saturated rings. The average molecular weight is 391 g/mol. The number of nitrogens with one attached hydrogen (secondary N) is 1. The van der Waals surface area contributed by atoms with Gasteiger partial charge in [0.05, 0.1) is 10.2 Å². The average Bonchev–Trinajstić information content (AvgIpc) is 3.28. The lowest BCUT2D eigenvalue weighted by atomic mass is 10.1. The zero-order valence-corrected chi connectivity index (χ0v) is 16.2. The summed E-state index contributed by atoms with van der Waals surface area (Å²) in [5.41, 5.74) is 2.78. The van der Waals surface area contributed by atoms with E-state index in [0.29, 0.717) is 6.54 Å². The van der Waals surface area contributed by atoms with Crippen LogP contribution in [0.1, 0.15) is 25.7 Å². The fourth-order valence-electron chi connectivity index (χ4n) is 3.79. The SMILES string of the molecule is O=C(Nc1ccc(-c2nc3ccccc3s2)cc1)[C@@H]1CCCN1C(=O)C1CC1. The molecule has 2 amide bonds. The van der Waals surface area contributed by atoms with Crippen LogP contribution in [-0.2, 0) is 9.59 Å². The van der Waals surface area contributed by atoms with Crippen LogP contribution in [0.15, 0.2) is 48.5 Å². The van der Waals surface area contributed by atoms with Gasteiger partial charge >= 0.3 is 0 Å². The number of rotatable bonds is 4. The minimum Gasteiger partial charge on any atom is -0.330 e. The fourth-order valence-corrected chi connectivity index (χ4v) is 4.76. The largest absolute Gasteiger partial charge is 0.330 e. The molecule has 3 aromatic rings. The molecule has 1 aliphatic heterocycles. The smallest absolute Gasteiger partial charge is 0.247 e. The Labute approximate surface area is 167 Å². The molecule has 0 unspecified atom stereocenters. The van der Waals surface area contributed by atoms with Crippen LogP contribution in [0.25, 0.3) is 20.8 Å². The normalized spacial score (nSPS) is 19.1. The molecular weight excluding hydrogens is 370 g/mol. The van der Waals surface area contributed by atoms with Crippen LogP contribution in [0.5, 0.6) is 0 Å². The predicted octanol–water partition coefficient (Wildman–Crippen LogP) is 4.30. The molecule has 2 heterocycles. The number of carbonyl (C=O) groups excluding carboxylic acids is 2. The van der Waals surface area contributed by atoms with Crippen LogP contribution in [0.4, 0.5) is 5.69 Å². The maximum absolute atomic E-state index is 12.7. The Balaban J connectivity index is 1.29. The van der Waals surface area contributed by atoms with Crippen molar-refractivity contribution in [3.8, 4) is 10.6 Å². The van der Waals surface area contributed by atoms with Gasteiger partial charge in [0.15, 0.2) is 0 Å². The van der Waals surface area contributed by atoms with Gasteiger partial charge in [-0.25, -0.2) is 4.98 Å². The molecule has 0 radical (unpaired) electrons. The standard InChI is InChI=1S/C22H21N3O2S/c26-20(18-5-3-13-25(18)22(27)15-7-8-15)23-16-11-9-14(10-12-16)21-24-17-4-1-2-6-19(17)28-21/h1-2,4,6,9-12,15,18H,3,5,7-8,13H2,(H,23,26)/t18-/m0/s1. The molecule has 0 bridgehead atoms. The third-order valence-corrected chi connectivity index (χ3v) is 6.54. The summed E-state index contributed by atoms with van der Waals surface area (Å²) in [6.07, 6.45) is 3.58. The number of anilines is 1. The van der Waals surface area contributed by atoms with Crippen molar-refractivity contribution in [2.45, 2.75) is 31.7 Å². The molecule has 1 saturated carbocycles. The molecule has 1 atom stereocenters. The topological polar surface area (TPSA) is 62.3 Å². The highest BCUT2D eigenvalue weighted by Gasteiger charge is 2.40. The number of benzene rings is 2.